The van der Waals surface area contributed by atoms with Crippen molar-refractivity contribution in [3.63, 3.8) is 0 Å². The van der Waals surface area contributed by atoms with Gasteiger partial charge in [0.05, 0.1) is 10.4 Å². The predicted molar refractivity (Wildman–Crippen MR) is 86.3 cm³/mol. The summed E-state index contributed by atoms with van der Waals surface area (Å²) < 4.78 is 28.5. The number of aromatic amines is 1. The zero-order valence-corrected chi connectivity index (χ0v) is 13.1. The van der Waals surface area contributed by atoms with Gasteiger partial charge in [0.15, 0.2) is 0 Å². The molecule has 0 fully saturated rings. The Labute approximate surface area is 130 Å². The van der Waals surface area contributed by atoms with Crippen molar-refractivity contribution in [2.45, 2.75) is 24.3 Å². The smallest absolute Gasteiger partial charge is 0.126 e. The van der Waals surface area contributed by atoms with Crippen LogP contribution in [0.3, 0.4) is 0 Å². The Morgan fingerprint density at radius 3 is 2.77 bits per heavy atom. The summed E-state index contributed by atoms with van der Waals surface area (Å²) in [4.78, 5) is 3.94. The summed E-state index contributed by atoms with van der Waals surface area (Å²) in [5, 5.41) is 0.978. The lowest BCUT2D eigenvalue weighted by Crippen LogP contribution is -2.30. The number of H-pyrrole nitrogens is 1. The molecule has 3 nitrogen and oxygen atoms in total. The van der Waals surface area contributed by atoms with Gasteiger partial charge in [0.1, 0.15) is 16.8 Å². The zero-order chi connectivity index (χ0) is 15.5. The minimum Gasteiger partial charge on any atom is -0.360 e. The van der Waals surface area contributed by atoms with Gasteiger partial charge in [0, 0.05) is 22.7 Å². The van der Waals surface area contributed by atoms with Crippen LogP contribution in [0.5, 0.6) is 0 Å². The van der Waals surface area contributed by atoms with E-state index in [9.17, 15) is 8.60 Å². The third-order valence-electron chi connectivity index (χ3n) is 4.16. The largest absolute Gasteiger partial charge is 0.360 e. The van der Waals surface area contributed by atoms with Gasteiger partial charge in [-0.25, -0.2) is 13.3 Å². The first-order valence-corrected chi connectivity index (χ1v) is 8.22. The average molecular weight is 314 g/mol. The lowest BCUT2D eigenvalue weighted by atomic mass is 9.92. The summed E-state index contributed by atoms with van der Waals surface area (Å²) in [7, 11) is -1.16. The monoisotopic (exact) mass is 314 g/mol. The SMILES string of the molecule is CC1(C)NS(=O)c2ccc(-c3c[nH]c4cc(F)ccc34)cc21. The van der Waals surface area contributed by atoms with Crippen LogP contribution in [-0.4, -0.2) is 9.19 Å². The molecule has 2 heterocycles. The molecule has 112 valence electrons. The quantitative estimate of drug-likeness (QED) is 0.704. The van der Waals surface area contributed by atoms with Crippen LogP contribution < -0.4 is 4.72 Å². The highest BCUT2D eigenvalue weighted by molar-refractivity contribution is 7.83. The Balaban J connectivity index is 1.92. The van der Waals surface area contributed by atoms with E-state index in [-0.39, 0.29) is 11.4 Å². The van der Waals surface area contributed by atoms with Gasteiger partial charge in [-0.15, -0.1) is 0 Å². The first-order chi connectivity index (χ1) is 10.5. The standard InChI is InChI=1S/C17H15FN2OS/c1-17(2)14-7-10(3-6-16(14)22(21)20-17)13-9-19-15-8-11(18)4-5-12(13)15/h3-9,19-20H,1-2H3. The van der Waals surface area contributed by atoms with E-state index >= 15 is 0 Å². The van der Waals surface area contributed by atoms with Gasteiger partial charge in [-0.1, -0.05) is 6.07 Å². The molecule has 2 aromatic carbocycles. The molecule has 0 radical (unpaired) electrons. The van der Waals surface area contributed by atoms with Crippen molar-refractivity contribution in [2.24, 2.45) is 0 Å². The molecule has 5 heteroatoms. The number of hydrogen-bond donors (Lipinski definition) is 2. The van der Waals surface area contributed by atoms with Crippen LogP contribution in [0.4, 0.5) is 4.39 Å². The van der Waals surface area contributed by atoms with Gasteiger partial charge in [0.2, 0.25) is 0 Å². The molecule has 1 aromatic heterocycles. The molecule has 1 atom stereocenters. The molecular formula is C17H15FN2OS. The Bertz CT molecular complexity index is 930. The van der Waals surface area contributed by atoms with Crippen molar-refractivity contribution in [1.29, 1.82) is 0 Å². The summed E-state index contributed by atoms with van der Waals surface area (Å²) in [6.45, 7) is 4.04. The van der Waals surface area contributed by atoms with Gasteiger partial charge in [0.25, 0.3) is 0 Å². The highest BCUT2D eigenvalue weighted by Crippen LogP contribution is 2.37. The Morgan fingerprint density at radius 1 is 1.14 bits per heavy atom. The number of rotatable bonds is 1. The molecule has 1 aliphatic heterocycles. The maximum absolute atomic E-state index is 13.3. The van der Waals surface area contributed by atoms with E-state index < -0.39 is 11.0 Å². The van der Waals surface area contributed by atoms with Gasteiger partial charge < -0.3 is 4.98 Å². The second kappa shape index (κ2) is 4.51. The molecule has 1 aliphatic rings. The van der Waals surface area contributed by atoms with Crippen molar-refractivity contribution in [1.82, 2.24) is 9.71 Å². The molecule has 0 spiro atoms. The molecule has 3 aromatic rings. The topological polar surface area (TPSA) is 44.9 Å². The van der Waals surface area contributed by atoms with Crippen LogP contribution in [0, 0.1) is 5.82 Å². The Kier molecular flexibility index (Phi) is 2.80. The van der Waals surface area contributed by atoms with Crippen molar-refractivity contribution in [2.75, 3.05) is 0 Å². The number of benzene rings is 2. The third-order valence-corrected chi connectivity index (χ3v) is 5.61. The van der Waals surface area contributed by atoms with Crippen molar-refractivity contribution < 1.29 is 8.60 Å². The van der Waals surface area contributed by atoms with Crippen LogP contribution in [0.25, 0.3) is 22.0 Å². The lowest BCUT2D eigenvalue weighted by molar-refractivity contribution is 0.510. The van der Waals surface area contributed by atoms with Gasteiger partial charge >= 0.3 is 0 Å². The third kappa shape index (κ3) is 1.93. The van der Waals surface area contributed by atoms with Crippen LogP contribution >= 0.6 is 0 Å². The van der Waals surface area contributed by atoms with E-state index in [0.717, 1.165) is 32.5 Å². The summed E-state index contributed by atoms with van der Waals surface area (Å²) in [6.07, 6.45) is 1.89. The second-order valence-corrected chi connectivity index (χ2v) is 7.28. The van der Waals surface area contributed by atoms with Gasteiger partial charge in [-0.3, -0.25) is 0 Å². The number of nitrogens with one attached hydrogen (secondary N) is 2. The fourth-order valence-corrected chi connectivity index (χ4v) is 4.42. The first kappa shape index (κ1) is 13.7. The molecule has 0 aliphatic carbocycles. The maximum atomic E-state index is 13.3. The van der Waals surface area contributed by atoms with E-state index in [0.29, 0.717) is 0 Å². The molecule has 1 unspecified atom stereocenters. The summed E-state index contributed by atoms with van der Waals surface area (Å²) in [5.41, 5.74) is 3.54. The van der Waals surface area contributed by atoms with E-state index in [1.54, 1.807) is 6.07 Å². The van der Waals surface area contributed by atoms with Crippen LogP contribution in [-0.2, 0) is 16.5 Å². The van der Waals surface area contributed by atoms with Crippen LogP contribution in [0.2, 0.25) is 0 Å². The minimum atomic E-state index is -1.16. The van der Waals surface area contributed by atoms with Crippen molar-refractivity contribution >= 4 is 21.9 Å². The molecule has 4 rings (SSSR count). The molecule has 0 bridgehead atoms. The molecule has 0 saturated carbocycles. The predicted octanol–water partition coefficient (Wildman–Crippen LogP) is 3.83. The summed E-state index contributed by atoms with van der Waals surface area (Å²) in [6, 6.07) is 10.7. The molecule has 2 N–H and O–H groups in total. The van der Waals surface area contributed by atoms with Gasteiger partial charge in [-0.2, -0.15) is 0 Å². The highest BCUT2D eigenvalue weighted by Gasteiger charge is 2.34. The number of halogens is 1. The van der Waals surface area contributed by atoms with Crippen molar-refractivity contribution in [3.8, 4) is 11.1 Å². The van der Waals surface area contributed by atoms with Crippen molar-refractivity contribution in [3.05, 3.63) is 54.0 Å². The normalized spacial score (nSPS) is 19.5. The fourth-order valence-electron chi connectivity index (χ4n) is 3.03. The van der Waals surface area contributed by atoms with E-state index in [2.05, 4.69) is 15.8 Å². The summed E-state index contributed by atoms with van der Waals surface area (Å²) in [5.74, 6) is -0.254. The molecular weight excluding hydrogens is 299 g/mol. The number of aromatic nitrogens is 1. The summed E-state index contributed by atoms with van der Waals surface area (Å²) >= 11 is 0. The van der Waals surface area contributed by atoms with Gasteiger partial charge in [-0.05, 0) is 55.3 Å². The van der Waals surface area contributed by atoms with E-state index in [4.69, 9.17) is 0 Å². The maximum Gasteiger partial charge on any atom is 0.126 e. The van der Waals surface area contributed by atoms with Crippen LogP contribution in [0.1, 0.15) is 19.4 Å². The minimum absolute atomic E-state index is 0.254. The van der Waals surface area contributed by atoms with E-state index in [1.807, 2.05) is 32.2 Å². The second-order valence-electron chi connectivity index (χ2n) is 6.10. The van der Waals surface area contributed by atoms with E-state index in [1.165, 1.54) is 12.1 Å². The molecule has 0 amide bonds. The number of hydrogen-bond acceptors (Lipinski definition) is 1. The molecule has 0 saturated heterocycles. The number of fused-ring (bicyclic) bond motifs is 2. The van der Waals surface area contributed by atoms with Crippen LogP contribution in [0.15, 0.2) is 47.5 Å². The fraction of sp³-hybridized carbons (Fsp3) is 0.176. The zero-order valence-electron chi connectivity index (χ0n) is 12.2. The molecule has 22 heavy (non-hydrogen) atoms. The lowest BCUT2D eigenvalue weighted by Gasteiger charge is -2.18. The Hall–Kier alpha value is -1.98. The average Bonchev–Trinajstić information content (AvgIpc) is 2.97. The first-order valence-electron chi connectivity index (χ1n) is 7.07. The highest BCUT2D eigenvalue weighted by atomic mass is 32.2. The Morgan fingerprint density at radius 2 is 1.95 bits per heavy atom.